The predicted molar refractivity (Wildman–Crippen MR) is 63.0 cm³/mol. The van der Waals surface area contributed by atoms with E-state index in [2.05, 4.69) is 20.1 Å². The largest absolute Gasteiger partial charge is 0.484 e. The average molecular weight is 261 g/mol. The molecule has 1 heterocycles. The van der Waals surface area contributed by atoms with Gasteiger partial charge >= 0.3 is 0 Å². The standard InChI is InChI=1S/C10H7N5O2S/c11-5-7-1-3-8(4-2-7)17-6-9(16)12-10-13-14-15-18-10/h1-4H,6H2,(H,12,13,15,16). The van der Waals surface area contributed by atoms with Gasteiger partial charge in [-0.05, 0) is 29.5 Å². The third kappa shape index (κ3) is 3.23. The van der Waals surface area contributed by atoms with Crippen molar-refractivity contribution in [2.75, 3.05) is 11.9 Å². The van der Waals surface area contributed by atoms with Crippen molar-refractivity contribution >= 4 is 22.6 Å². The summed E-state index contributed by atoms with van der Waals surface area (Å²) in [5.41, 5.74) is 0.534. The molecule has 2 rings (SSSR count). The van der Waals surface area contributed by atoms with E-state index in [4.69, 9.17) is 10.00 Å². The molecule has 1 aromatic heterocycles. The van der Waals surface area contributed by atoms with E-state index < -0.39 is 0 Å². The molecule has 90 valence electrons. The summed E-state index contributed by atoms with van der Waals surface area (Å²) in [7, 11) is 0. The Hall–Kier alpha value is -2.53. The van der Waals surface area contributed by atoms with Gasteiger partial charge in [0, 0.05) is 11.5 Å². The van der Waals surface area contributed by atoms with E-state index in [1.165, 1.54) is 0 Å². The summed E-state index contributed by atoms with van der Waals surface area (Å²) in [5.74, 6) is 0.164. The number of hydrogen-bond donors (Lipinski definition) is 1. The number of anilines is 1. The van der Waals surface area contributed by atoms with Crippen molar-refractivity contribution in [2.45, 2.75) is 0 Å². The maximum Gasteiger partial charge on any atom is 0.264 e. The zero-order valence-corrected chi connectivity index (χ0v) is 9.85. The quantitative estimate of drug-likeness (QED) is 0.874. The molecule has 0 atom stereocenters. The second-order valence-corrected chi connectivity index (χ2v) is 3.87. The van der Waals surface area contributed by atoms with E-state index in [9.17, 15) is 4.79 Å². The van der Waals surface area contributed by atoms with Crippen LogP contribution in [0.15, 0.2) is 24.3 Å². The molecule has 0 unspecified atom stereocenters. The van der Waals surface area contributed by atoms with Crippen LogP contribution < -0.4 is 10.1 Å². The molecule has 0 aliphatic rings. The number of benzene rings is 1. The van der Waals surface area contributed by atoms with Crippen LogP contribution in [0.1, 0.15) is 5.56 Å². The topological polar surface area (TPSA) is 101 Å². The van der Waals surface area contributed by atoms with Gasteiger partial charge in [0.2, 0.25) is 5.13 Å². The molecule has 1 amide bonds. The zero-order chi connectivity index (χ0) is 12.8. The molecule has 0 spiro atoms. The molecule has 0 saturated carbocycles. The fourth-order valence-electron chi connectivity index (χ4n) is 1.11. The van der Waals surface area contributed by atoms with E-state index in [0.29, 0.717) is 16.4 Å². The van der Waals surface area contributed by atoms with Gasteiger partial charge in [-0.2, -0.15) is 5.26 Å². The minimum atomic E-state index is -0.349. The van der Waals surface area contributed by atoms with Gasteiger partial charge in [0.25, 0.3) is 5.91 Å². The van der Waals surface area contributed by atoms with Gasteiger partial charge in [0.05, 0.1) is 11.6 Å². The number of carbonyl (C=O) groups excluding carboxylic acids is 1. The average Bonchev–Trinajstić information content (AvgIpc) is 2.90. The fraction of sp³-hybridized carbons (Fsp3) is 0.100. The van der Waals surface area contributed by atoms with Gasteiger partial charge in [-0.1, -0.05) is 9.59 Å². The number of carbonyl (C=O) groups is 1. The van der Waals surface area contributed by atoms with Crippen molar-refractivity contribution in [3.05, 3.63) is 29.8 Å². The first-order valence-electron chi connectivity index (χ1n) is 4.86. The maximum atomic E-state index is 11.4. The molecule has 2 aromatic rings. The Morgan fingerprint density at radius 2 is 2.22 bits per heavy atom. The molecule has 0 bridgehead atoms. The van der Waals surface area contributed by atoms with Crippen molar-refractivity contribution in [2.24, 2.45) is 0 Å². The summed E-state index contributed by atoms with van der Waals surface area (Å²) >= 11 is 0.982. The van der Waals surface area contributed by atoms with Gasteiger partial charge in [-0.25, -0.2) is 0 Å². The molecule has 8 heteroatoms. The van der Waals surface area contributed by atoms with Crippen LogP contribution in [0.2, 0.25) is 0 Å². The van der Waals surface area contributed by atoms with Crippen LogP contribution in [0.25, 0.3) is 0 Å². The number of nitriles is 1. The van der Waals surface area contributed by atoms with E-state index >= 15 is 0 Å². The van der Waals surface area contributed by atoms with Gasteiger partial charge in [-0.3, -0.25) is 10.1 Å². The highest BCUT2D eigenvalue weighted by molar-refractivity contribution is 7.09. The van der Waals surface area contributed by atoms with Crippen LogP contribution in [-0.4, -0.2) is 27.3 Å². The molecule has 0 aliphatic heterocycles. The molecule has 1 aromatic carbocycles. The van der Waals surface area contributed by atoms with Gasteiger partial charge in [0.1, 0.15) is 5.75 Å². The van der Waals surface area contributed by atoms with Crippen molar-refractivity contribution in [3.8, 4) is 11.8 Å². The summed E-state index contributed by atoms with van der Waals surface area (Å²) < 4.78 is 8.74. The van der Waals surface area contributed by atoms with Crippen LogP contribution in [0.5, 0.6) is 5.75 Å². The Bertz CT molecular complexity index is 561. The van der Waals surface area contributed by atoms with E-state index in [1.54, 1.807) is 24.3 Å². The monoisotopic (exact) mass is 261 g/mol. The lowest BCUT2D eigenvalue weighted by Crippen LogP contribution is -2.20. The minimum absolute atomic E-state index is 0.147. The maximum absolute atomic E-state index is 11.4. The van der Waals surface area contributed by atoms with Crippen LogP contribution in [0, 0.1) is 11.3 Å². The third-order valence-corrected chi connectivity index (χ3v) is 2.41. The number of nitrogens with one attached hydrogen (secondary N) is 1. The summed E-state index contributed by atoms with van der Waals surface area (Å²) in [6.07, 6.45) is 0. The van der Waals surface area contributed by atoms with Gasteiger partial charge < -0.3 is 4.74 Å². The third-order valence-electron chi connectivity index (χ3n) is 1.90. The minimum Gasteiger partial charge on any atom is -0.484 e. The Labute approximate surface area is 106 Å². The summed E-state index contributed by atoms with van der Waals surface area (Å²) in [4.78, 5) is 11.4. The number of rotatable bonds is 4. The first kappa shape index (κ1) is 11.9. The summed E-state index contributed by atoms with van der Waals surface area (Å²) in [6.45, 7) is -0.147. The van der Waals surface area contributed by atoms with Crippen molar-refractivity contribution in [1.82, 2.24) is 14.8 Å². The SMILES string of the molecule is N#Cc1ccc(OCC(=O)Nc2nnns2)cc1. The van der Waals surface area contributed by atoms with Crippen molar-refractivity contribution < 1.29 is 9.53 Å². The second kappa shape index (κ2) is 5.70. The van der Waals surface area contributed by atoms with Crippen molar-refractivity contribution in [3.63, 3.8) is 0 Å². The van der Waals surface area contributed by atoms with E-state index in [-0.39, 0.29) is 12.5 Å². The molecule has 7 nitrogen and oxygen atoms in total. The molecule has 18 heavy (non-hydrogen) atoms. The first-order valence-corrected chi connectivity index (χ1v) is 5.63. The molecular formula is C10H7N5O2S. The highest BCUT2D eigenvalue weighted by Gasteiger charge is 2.06. The lowest BCUT2D eigenvalue weighted by atomic mass is 10.2. The lowest BCUT2D eigenvalue weighted by molar-refractivity contribution is -0.118. The van der Waals surface area contributed by atoms with Gasteiger partial charge in [-0.15, -0.1) is 0 Å². The van der Waals surface area contributed by atoms with E-state index in [1.807, 2.05) is 6.07 Å². The highest BCUT2D eigenvalue weighted by atomic mass is 32.1. The smallest absolute Gasteiger partial charge is 0.264 e. The normalized spacial score (nSPS) is 9.50. The molecular weight excluding hydrogens is 254 g/mol. The van der Waals surface area contributed by atoms with Crippen LogP contribution in [0.3, 0.4) is 0 Å². The Morgan fingerprint density at radius 1 is 1.44 bits per heavy atom. The highest BCUT2D eigenvalue weighted by Crippen LogP contribution is 2.11. The summed E-state index contributed by atoms with van der Waals surface area (Å²) in [5, 5.41) is 18.3. The summed E-state index contributed by atoms with van der Waals surface area (Å²) in [6, 6.07) is 8.47. The Kier molecular flexibility index (Phi) is 3.78. The number of nitrogens with zero attached hydrogens (tertiary/aromatic N) is 4. The predicted octanol–water partition coefficient (Wildman–Crippen LogP) is 0.822. The first-order chi connectivity index (χ1) is 8.78. The second-order valence-electron chi connectivity index (χ2n) is 3.14. The van der Waals surface area contributed by atoms with E-state index in [0.717, 1.165) is 11.5 Å². The van der Waals surface area contributed by atoms with Crippen molar-refractivity contribution in [1.29, 1.82) is 5.26 Å². The lowest BCUT2D eigenvalue weighted by Gasteiger charge is -2.04. The number of aromatic nitrogens is 3. The number of amides is 1. The Balaban J connectivity index is 1.83. The Morgan fingerprint density at radius 3 is 2.83 bits per heavy atom. The zero-order valence-electron chi connectivity index (χ0n) is 9.03. The van der Waals surface area contributed by atoms with Crippen LogP contribution in [-0.2, 0) is 4.79 Å². The molecule has 1 N–H and O–H groups in total. The molecule has 0 aliphatic carbocycles. The van der Waals surface area contributed by atoms with Gasteiger partial charge in [0.15, 0.2) is 6.61 Å². The number of ether oxygens (including phenoxy) is 1. The molecule has 0 fully saturated rings. The van der Waals surface area contributed by atoms with Crippen LogP contribution >= 0.6 is 11.5 Å². The molecule has 0 radical (unpaired) electrons. The fourth-order valence-corrected chi connectivity index (χ4v) is 1.49. The van der Waals surface area contributed by atoms with Crippen LogP contribution in [0.4, 0.5) is 5.13 Å². The number of hydrogen-bond acceptors (Lipinski definition) is 7. The molecule has 0 saturated heterocycles.